The Balaban J connectivity index is 2.44. The van der Waals surface area contributed by atoms with E-state index in [0.29, 0.717) is 21.8 Å². The average molecular weight is 334 g/mol. The fraction of sp³-hybridized carbons (Fsp3) is 0.176. The Labute approximate surface area is 135 Å². The number of benzene rings is 2. The summed E-state index contributed by atoms with van der Waals surface area (Å²) < 4.78 is 27.1. The summed E-state index contributed by atoms with van der Waals surface area (Å²) >= 11 is 6.28. The van der Waals surface area contributed by atoms with Crippen LogP contribution in [0.25, 0.3) is 22.2 Å². The quantitative estimate of drug-likeness (QED) is 0.705. The van der Waals surface area contributed by atoms with Crippen LogP contribution in [0.15, 0.2) is 54.6 Å². The molecule has 0 saturated heterocycles. The van der Waals surface area contributed by atoms with Gasteiger partial charge in [-0.05, 0) is 32.0 Å². The number of nitrogens with zero attached hydrogens (tertiary/aromatic N) is 1. The molecule has 5 heteroatoms. The van der Waals surface area contributed by atoms with Gasteiger partial charge in [0.05, 0.1) is 16.5 Å². The minimum absolute atomic E-state index is 0.524. The van der Waals surface area contributed by atoms with E-state index in [-0.39, 0.29) is 0 Å². The van der Waals surface area contributed by atoms with Gasteiger partial charge in [-0.15, -0.1) is 0 Å². The first-order chi connectivity index (χ1) is 10.4. The Morgan fingerprint density at radius 3 is 2.32 bits per heavy atom. The van der Waals surface area contributed by atoms with Crippen LogP contribution in [0.4, 0.5) is 0 Å². The number of aromatic nitrogens is 1. The molecule has 0 radical (unpaired) electrons. The highest BCUT2D eigenvalue weighted by molar-refractivity contribution is 7.90. The van der Waals surface area contributed by atoms with Gasteiger partial charge in [0.25, 0.3) is 0 Å². The van der Waals surface area contributed by atoms with E-state index in [2.05, 4.69) is 0 Å². The molecule has 0 aliphatic rings. The minimum atomic E-state index is -3.50. The predicted octanol–water partition coefficient (Wildman–Crippen LogP) is 4.55. The lowest BCUT2D eigenvalue weighted by molar-refractivity contribution is 0.580. The summed E-state index contributed by atoms with van der Waals surface area (Å²) in [5, 5.41) is 0.886. The lowest BCUT2D eigenvalue weighted by Gasteiger charge is -2.15. The van der Waals surface area contributed by atoms with Gasteiger partial charge in [0.2, 0.25) is 10.0 Å². The second-order valence-electron chi connectivity index (χ2n) is 5.43. The zero-order valence-corrected chi connectivity index (χ0v) is 13.9. The first-order valence-corrected chi connectivity index (χ1v) is 8.91. The van der Waals surface area contributed by atoms with Crippen LogP contribution in [0.3, 0.4) is 0 Å². The molecule has 3 nitrogen and oxygen atoms in total. The van der Waals surface area contributed by atoms with E-state index < -0.39 is 15.3 Å². The van der Waals surface area contributed by atoms with Crippen molar-refractivity contribution in [1.82, 2.24) is 3.97 Å². The van der Waals surface area contributed by atoms with Gasteiger partial charge in [-0.1, -0.05) is 48.0 Å². The summed E-state index contributed by atoms with van der Waals surface area (Å²) in [5.41, 5.74) is 1.98. The molecule has 1 heterocycles. The second kappa shape index (κ2) is 5.45. The SMILES string of the molecule is CC(C)S(=O)(=O)n1c(-c2ccccc2Cl)cc2ccccc21. The van der Waals surface area contributed by atoms with E-state index in [1.165, 1.54) is 3.97 Å². The molecule has 0 bridgehead atoms. The third kappa shape index (κ3) is 2.32. The molecular formula is C17H16ClNO2S. The van der Waals surface area contributed by atoms with Crippen molar-refractivity contribution in [1.29, 1.82) is 0 Å². The van der Waals surface area contributed by atoms with Gasteiger partial charge in [0.15, 0.2) is 0 Å². The molecule has 0 N–H and O–H groups in total. The average Bonchev–Trinajstić information content (AvgIpc) is 2.87. The third-order valence-electron chi connectivity index (χ3n) is 3.67. The standard InChI is InChI=1S/C17H16ClNO2S/c1-12(2)22(20,21)19-16-10-6-3-7-13(16)11-17(19)14-8-4-5-9-15(14)18/h3-12H,1-2H3. The van der Waals surface area contributed by atoms with Gasteiger partial charge in [0.1, 0.15) is 0 Å². The van der Waals surface area contributed by atoms with Crippen LogP contribution in [-0.4, -0.2) is 17.6 Å². The zero-order chi connectivity index (χ0) is 15.9. The highest BCUT2D eigenvalue weighted by Gasteiger charge is 2.25. The molecule has 3 rings (SSSR count). The van der Waals surface area contributed by atoms with Crippen LogP contribution in [0.2, 0.25) is 5.02 Å². The van der Waals surface area contributed by atoms with Crippen LogP contribution in [-0.2, 0) is 10.0 Å². The van der Waals surface area contributed by atoms with Crippen LogP contribution in [0.1, 0.15) is 13.8 Å². The van der Waals surface area contributed by atoms with Crippen molar-refractivity contribution in [3.8, 4) is 11.3 Å². The smallest absolute Gasteiger partial charge is 0.237 e. The summed E-state index contributed by atoms with van der Waals surface area (Å²) in [4.78, 5) is 0. The summed E-state index contributed by atoms with van der Waals surface area (Å²) in [5.74, 6) is 0. The van der Waals surface area contributed by atoms with Crippen LogP contribution in [0, 0.1) is 0 Å². The number of hydrogen-bond acceptors (Lipinski definition) is 2. The Hall–Kier alpha value is -1.78. The van der Waals surface area contributed by atoms with Crippen molar-refractivity contribution in [2.75, 3.05) is 0 Å². The molecule has 0 saturated carbocycles. The molecule has 0 aliphatic heterocycles. The molecule has 0 amide bonds. The van der Waals surface area contributed by atoms with E-state index in [1.54, 1.807) is 19.9 Å². The number of halogens is 1. The van der Waals surface area contributed by atoms with E-state index in [4.69, 9.17) is 11.6 Å². The number of rotatable bonds is 3. The van der Waals surface area contributed by atoms with Crippen LogP contribution in [0.5, 0.6) is 0 Å². The van der Waals surface area contributed by atoms with Gasteiger partial charge in [-0.2, -0.15) is 0 Å². The van der Waals surface area contributed by atoms with Gasteiger partial charge in [-0.3, -0.25) is 0 Å². The van der Waals surface area contributed by atoms with E-state index in [9.17, 15) is 8.42 Å². The van der Waals surface area contributed by atoms with Gasteiger partial charge in [0, 0.05) is 16.0 Å². The van der Waals surface area contributed by atoms with E-state index in [0.717, 1.165) is 5.39 Å². The Morgan fingerprint density at radius 2 is 1.64 bits per heavy atom. The van der Waals surface area contributed by atoms with Crippen LogP contribution < -0.4 is 0 Å². The second-order valence-corrected chi connectivity index (χ2v) is 8.17. The summed E-state index contributed by atoms with van der Waals surface area (Å²) in [6.07, 6.45) is 0. The van der Waals surface area contributed by atoms with Crippen LogP contribution >= 0.6 is 11.6 Å². The molecule has 0 fully saturated rings. The first-order valence-electron chi connectivity index (χ1n) is 7.02. The minimum Gasteiger partial charge on any atom is -0.237 e. The summed E-state index contributed by atoms with van der Waals surface area (Å²) in [6.45, 7) is 3.36. The predicted molar refractivity (Wildman–Crippen MR) is 91.8 cm³/mol. The number of hydrogen-bond donors (Lipinski definition) is 0. The topological polar surface area (TPSA) is 39.1 Å². The molecule has 2 aromatic carbocycles. The maximum absolute atomic E-state index is 12.8. The first kappa shape index (κ1) is 15.1. The lowest BCUT2D eigenvalue weighted by atomic mass is 10.1. The highest BCUT2D eigenvalue weighted by atomic mass is 35.5. The fourth-order valence-electron chi connectivity index (χ4n) is 2.47. The Kier molecular flexibility index (Phi) is 3.75. The molecule has 1 aromatic heterocycles. The zero-order valence-electron chi connectivity index (χ0n) is 12.3. The highest BCUT2D eigenvalue weighted by Crippen LogP contribution is 2.34. The molecule has 114 valence electrons. The third-order valence-corrected chi connectivity index (χ3v) is 6.09. The number of fused-ring (bicyclic) bond motifs is 1. The molecule has 0 aliphatic carbocycles. The molecule has 0 spiro atoms. The fourth-order valence-corrected chi connectivity index (χ4v) is 3.99. The van der Waals surface area contributed by atoms with E-state index >= 15 is 0 Å². The molecule has 0 unspecified atom stereocenters. The van der Waals surface area contributed by atoms with Crippen molar-refractivity contribution < 1.29 is 8.42 Å². The molecular weight excluding hydrogens is 318 g/mol. The number of para-hydroxylation sites is 1. The van der Waals surface area contributed by atoms with E-state index in [1.807, 2.05) is 48.5 Å². The Bertz CT molecular complexity index is 942. The monoisotopic (exact) mass is 333 g/mol. The summed E-state index contributed by atoms with van der Waals surface area (Å²) in [6, 6.07) is 16.6. The molecule has 22 heavy (non-hydrogen) atoms. The maximum Gasteiger partial charge on any atom is 0.241 e. The molecule has 3 aromatic rings. The van der Waals surface area contributed by atoms with Crippen molar-refractivity contribution >= 4 is 32.5 Å². The lowest BCUT2D eigenvalue weighted by Crippen LogP contribution is -2.23. The summed E-state index contributed by atoms with van der Waals surface area (Å²) in [7, 11) is -3.50. The normalized spacial score (nSPS) is 12.2. The van der Waals surface area contributed by atoms with Crippen molar-refractivity contribution in [2.45, 2.75) is 19.1 Å². The van der Waals surface area contributed by atoms with Crippen molar-refractivity contribution in [2.24, 2.45) is 0 Å². The van der Waals surface area contributed by atoms with Gasteiger partial charge in [-0.25, -0.2) is 12.4 Å². The van der Waals surface area contributed by atoms with Crippen molar-refractivity contribution in [3.63, 3.8) is 0 Å². The van der Waals surface area contributed by atoms with Gasteiger partial charge >= 0.3 is 0 Å². The van der Waals surface area contributed by atoms with Gasteiger partial charge < -0.3 is 0 Å². The Morgan fingerprint density at radius 1 is 1.00 bits per heavy atom. The maximum atomic E-state index is 12.8. The van der Waals surface area contributed by atoms with Crippen molar-refractivity contribution in [3.05, 3.63) is 59.6 Å². The largest absolute Gasteiger partial charge is 0.241 e. The molecule has 0 atom stereocenters.